The number of para-hydroxylation sites is 2. The van der Waals surface area contributed by atoms with E-state index in [9.17, 15) is 0 Å². The molecular formula is C34H22N2O4Sn. The van der Waals surface area contributed by atoms with Crippen molar-refractivity contribution in [3.8, 4) is 23.0 Å². The molecule has 2 aliphatic heterocycles. The fourth-order valence-electron chi connectivity index (χ4n) is 5.19. The van der Waals surface area contributed by atoms with Crippen molar-refractivity contribution in [3.63, 3.8) is 0 Å². The Bertz CT molecular complexity index is 1890. The van der Waals surface area contributed by atoms with Crippen molar-refractivity contribution in [3.05, 3.63) is 132 Å². The number of hydrogen-bond acceptors (Lipinski definition) is 6. The van der Waals surface area contributed by atoms with Gasteiger partial charge in [-0.1, -0.05) is 0 Å². The average molecular weight is 641 g/mol. The Kier molecular flexibility index (Phi) is 5.67. The molecule has 0 fully saturated rings. The van der Waals surface area contributed by atoms with Gasteiger partial charge in [0.05, 0.1) is 0 Å². The normalized spacial score (nSPS) is 17.0. The first-order valence-electron chi connectivity index (χ1n) is 13.3. The Morgan fingerprint density at radius 3 is 1.32 bits per heavy atom. The molecule has 196 valence electrons. The van der Waals surface area contributed by atoms with Crippen LogP contribution in [-0.4, -0.2) is 32.5 Å². The molecule has 6 aromatic rings. The van der Waals surface area contributed by atoms with Gasteiger partial charge in [0, 0.05) is 0 Å². The van der Waals surface area contributed by atoms with E-state index in [0.29, 0.717) is 34.4 Å². The molecule has 0 unspecified atom stereocenters. The molecule has 6 aromatic carbocycles. The minimum absolute atomic E-state index is 0.531. The molecule has 0 aliphatic carbocycles. The minimum atomic E-state index is -5.19. The van der Waals surface area contributed by atoms with E-state index in [1.807, 2.05) is 122 Å². The van der Waals surface area contributed by atoms with Crippen LogP contribution < -0.4 is 12.3 Å². The summed E-state index contributed by atoms with van der Waals surface area (Å²) >= 11 is -5.19. The third-order valence-electron chi connectivity index (χ3n) is 7.17. The van der Waals surface area contributed by atoms with Crippen molar-refractivity contribution in [2.24, 2.45) is 9.98 Å². The van der Waals surface area contributed by atoms with Gasteiger partial charge in [0.1, 0.15) is 0 Å². The summed E-state index contributed by atoms with van der Waals surface area (Å²) in [6.07, 6.45) is 3.62. The Balaban J connectivity index is 1.41. The van der Waals surface area contributed by atoms with E-state index in [1.54, 1.807) is 0 Å². The first-order valence-corrected chi connectivity index (χ1v) is 18.0. The molecule has 0 saturated heterocycles. The third kappa shape index (κ3) is 4.27. The molecule has 2 aliphatic rings. The molecule has 0 N–H and O–H groups in total. The zero-order chi connectivity index (χ0) is 27.2. The van der Waals surface area contributed by atoms with Crippen molar-refractivity contribution in [2.45, 2.75) is 0 Å². The molecule has 0 saturated carbocycles. The van der Waals surface area contributed by atoms with Crippen LogP contribution in [0.3, 0.4) is 0 Å². The van der Waals surface area contributed by atoms with E-state index in [1.165, 1.54) is 0 Å². The number of aliphatic imine (C=N–C) groups is 2. The predicted molar refractivity (Wildman–Crippen MR) is 164 cm³/mol. The zero-order valence-corrected chi connectivity index (χ0v) is 24.6. The van der Waals surface area contributed by atoms with Gasteiger partial charge < -0.3 is 0 Å². The molecule has 7 heteroatoms. The van der Waals surface area contributed by atoms with E-state index in [0.717, 1.165) is 32.7 Å². The van der Waals surface area contributed by atoms with Gasteiger partial charge >= 0.3 is 243 Å². The first-order chi connectivity index (χ1) is 20.2. The molecule has 0 radical (unpaired) electrons. The summed E-state index contributed by atoms with van der Waals surface area (Å²) < 4.78 is 27.5. The molecule has 41 heavy (non-hydrogen) atoms. The second kappa shape index (κ2) is 9.67. The Hall–Kier alpha value is -4.82. The molecule has 2 heterocycles. The molecule has 1 spiro atoms. The SMILES string of the molecule is C1=Nc2c(ccc3ccccc23)[O][Sn]2([O]c3ccccc31)[O]c1ccccc1C=Nc1c(ccc3ccccc13)[O]2. The number of hydrogen-bond donors (Lipinski definition) is 0. The monoisotopic (exact) mass is 642 g/mol. The topological polar surface area (TPSA) is 61.6 Å². The zero-order valence-electron chi connectivity index (χ0n) is 21.7. The fraction of sp³-hybridized carbons (Fsp3) is 0. The summed E-state index contributed by atoms with van der Waals surface area (Å²) in [4.78, 5) is 9.82. The van der Waals surface area contributed by atoms with Gasteiger partial charge in [0.15, 0.2) is 0 Å². The standard InChI is InChI=1S/2C17H13NO2.Sn/c2*19-15-8-4-2-6-13(15)11-18-17-14-7-3-1-5-12(14)9-10-16(17)20;/h2*1-11,19-20H;/q;;+4/p-4. The van der Waals surface area contributed by atoms with Crippen LogP contribution in [0, 0.1) is 0 Å². The second-order valence-corrected chi connectivity index (χ2v) is 15.0. The van der Waals surface area contributed by atoms with Crippen molar-refractivity contribution >= 4 is 65.4 Å². The van der Waals surface area contributed by atoms with Crippen molar-refractivity contribution in [1.29, 1.82) is 0 Å². The molecule has 0 aromatic heterocycles. The van der Waals surface area contributed by atoms with Gasteiger partial charge in [-0.05, 0) is 0 Å². The van der Waals surface area contributed by atoms with Gasteiger partial charge in [0.2, 0.25) is 0 Å². The van der Waals surface area contributed by atoms with Crippen molar-refractivity contribution < 1.29 is 12.3 Å². The summed E-state index contributed by atoms with van der Waals surface area (Å²) in [5.41, 5.74) is 2.97. The van der Waals surface area contributed by atoms with Crippen molar-refractivity contribution in [2.75, 3.05) is 0 Å². The Morgan fingerprint density at radius 2 is 0.805 bits per heavy atom. The fourth-order valence-corrected chi connectivity index (χ4v) is 11.0. The molecule has 0 bridgehead atoms. The molecular weight excluding hydrogens is 619 g/mol. The number of rotatable bonds is 0. The number of benzene rings is 6. The molecule has 6 nitrogen and oxygen atoms in total. The maximum atomic E-state index is 6.90. The van der Waals surface area contributed by atoms with E-state index in [2.05, 4.69) is 12.1 Å². The van der Waals surface area contributed by atoms with Crippen molar-refractivity contribution in [1.82, 2.24) is 0 Å². The van der Waals surface area contributed by atoms with Gasteiger partial charge in [0.25, 0.3) is 0 Å². The van der Waals surface area contributed by atoms with Crippen LogP contribution in [0.5, 0.6) is 23.0 Å². The molecule has 0 atom stereocenters. The summed E-state index contributed by atoms with van der Waals surface area (Å²) in [5, 5.41) is 4.02. The summed E-state index contributed by atoms with van der Waals surface area (Å²) in [6, 6.07) is 39.5. The molecule has 0 amide bonds. The molecule has 8 rings (SSSR count). The van der Waals surface area contributed by atoms with Crippen LogP contribution in [0.1, 0.15) is 11.1 Å². The maximum absolute atomic E-state index is 6.90. The van der Waals surface area contributed by atoms with Crippen LogP contribution in [0.4, 0.5) is 11.4 Å². The number of nitrogens with zero attached hydrogens (tertiary/aromatic N) is 2. The Morgan fingerprint density at radius 1 is 0.390 bits per heavy atom. The van der Waals surface area contributed by atoms with Crippen LogP contribution in [-0.2, 0) is 0 Å². The first kappa shape index (κ1) is 24.0. The van der Waals surface area contributed by atoms with E-state index in [4.69, 9.17) is 22.3 Å². The summed E-state index contributed by atoms with van der Waals surface area (Å²) in [7, 11) is 0. The predicted octanol–water partition coefficient (Wildman–Crippen LogP) is 8.17. The van der Waals surface area contributed by atoms with Crippen LogP contribution in [0.15, 0.2) is 131 Å². The summed E-state index contributed by atoms with van der Waals surface area (Å²) in [5.74, 6) is 2.21. The van der Waals surface area contributed by atoms with E-state index in [-0.39, 0.29) is 0 Å². The van der Waals surface area contributed by atoms with E-state index >= 15 is 0 Å². The van der Waals surface area contributed by atoms with Gasteiger partial charge in [-0.3, -0.25) is 0 Å². The van der Waals surface area contributed by atoms with Gasteiger partial charge in [-0.15, -0.1) is 0 Å². The third-order valence-corrected chi connectivity index (χ3v) is 12.5. The average Bonchev–Trinajstić information content (AvgIpc) is 3.12. The summed E-state index contributed by atoms with van der Waals surface area (Å²) in [6.45, 7) is 0. The van der Waals surface area contributed by atoms with Crippen LogP contribution >= 0.6 is 0 Å². The quantitative estimate of drug-likeness (QED) is 0.157. The van der Waals surface area contributed by atoms with Gasteiger partial charge in [-0.25, -0.2) is 0 Å². The van der Waals surface area contributed by atoms with E-state index < -0.39 is 20.0 Å². The van der Waals surface area contributed by atoms with Gasteiger partial charge in [-0.2, -0.15) is 0 Å². The number of fused-ring (bicyclic) bond motifs is 8. The second-order valence-electron chi connectivity index (χ2n) is 9.77. The Labute approximate surface area is 242 Å². The van der Waals surface area contributed by atoms with Crippen LogP contribution in [0.25, 0.3) is 21.5 Å². The van der Waals surface area contributed by atoms with Crippen LogP contribution in [0.2, 0.25) is 0 Å².